The molecule has 0 aliphatic carbocycles. The number of carbonyl (C=O) groups excluding carboxylic acids is 1. The van der Waals surface area contributed by atoms with Gasteiger partial charge in [0.25, 0.3) is 0 Å². The zero-order valence-electron chi connectivity index (χ0n) is 13.1. The van der Waals surface area contributed by atoms with Crippen molar-refractivity contribution in [2.45, 2.75) is 31.6 Å². The first-order chi connectivity index (χ1) is 11.9. The summed E-state index contributed by atoms with van der Waals surface area (Å²) in [5.41, 5.74) is 0.785. The van der Waals surface area contributed by atoms with Gasteiger partial charge in [-0.05, 0) is 6.42 Å². The Balaban J connectivity index is 1.32. The van der Waals surface area contributed by atoms with Gasteiger partial charge in [0.05, 0.1) is 24.5 Å². The molecule has 1 amide bonds. The minimum absolute atomic E-state index is 0.0606. The number of halogens is 3. The first kappa shape index (κ1) is 16.1. The third-order valence-electron chi connectivity index (χ3n) is 4.35. The molecule has 2 aromatic heterocycles. The van der Waals surface area contributed by atoms with E-state index in [-0.39, 0.29) is 24.4 Å². The zero-order valence-corrected chi connectivity index (χ0v) is 13.1. The Hall–Kier alpha value is -2.43. The second-order valence-corrected chi connectivity index (χ2v) is 6.17. The minimum Gasteiger partial charge on any atom is -0.416 e. The molecular weight excluding hydrogens is 341 g/mol. The number of nitrogens with zero attached hydrogens (tertiary/aromatic N) is 6. The highest BCUT2D eigenvalue weighted by Gasteiger charge is 2.39. The first-order valence-electron chi connectivity index (χ1n) is 7.86. The number of likely N-dealkylation sites (tertiary alicyclic amines) is 1. The third kappa shape index (κ3) is 3.11. The number of hydrogen-bond acceptors (Lipinski definition) is 6. The summed E-state index contributed by atoms with van der Waals surface area (Å²) in [7, 11) is 0. The van der Waals surface area contributed by atoms with Crippen molar-refractivity contribution in [2.24, 2.45) is 0 Å². The molecule has 2 aliphatic heterocycles. The van der Waals surface area contributed by atoms with E-state index in [0.29, 0.717) is 26.1 Å². The Bertz CT molecular complexity index is 780. The summed E-state index contributed by atoms with van der Waals surface area (Å²) in [6, 6.07) is 0.108. The van der Waals surface area contributed by atoms with Crippen LogP contribution in [0.25, 0.3) is 0 Å². The number of anilines is 1. The molecule has 0 bridgehead atoms. The van der Waals surface area contributed by atoms with E-state index in [9.17, 15) is 18.0 Å². The summed E-state index contributed by atoms with van der Waals surface area (Å²) in [6.07, 6.45) is 0.290. The third-order valence-corrected chi connectivity index (χ3v) is 4.35. The van der Waals surface area contributed by atoms with Crippen LogP contribution in [0, 0.1) is 0 Å². The van der Waals surface area contributed by atoms with Crippen LogP contribution in [0.5, 0.6) is 0 Å². The van der Waals surface area contributed by atoms with Crippen LogP contribution < -0.4 is 4.90 Å². The summed E-state index contributed by atoms with van der Waals surface area (Å²) in [5, 5.41) is 10.7. The Morgan fingerprint density at radius 1 is 1.28 bits per heavy atom. The molecule has 25 heavy (non-hydrogen) atoms. The summed E-state index contributed by atoms with van der Waals surface area (Å²) in [6.45, 7) is 2.09. The fourth-order valence-electron chi connectivity index (χ4n) is 3.05. The van der Waals surface area contributed by atoms with E-state index >= 15 is 0 Å². The molecule has 0 unspecified atom stereocenters. The van der Waals surface area contributed by atoms with E-state index in [4.69, 9.17) is 0 Å². The summed E-state index contributed by atoms with van der Waals surface area (Å²) in [5.74, 6) is -1.28. The summed E-state index contributed by atoms with van der Waals surface area (Å²) >= 11 is 0. The Morgan fingerprint density at radius 2 is 2.08 bits per heavy atom. The minimum atomic E-state index is -4.62. The number of amides is 1. The maximum Gasteiger partial charge on any atom is 0.470 e. The van der Waals surface area contributed by atoms with Crippen molar-refractivity contribution < 1.29 is 22.4 Å². The molecule has 0 aromatic carbocycles. The number of carbonyl (C=O) groups is 1. The molecule has 2 aromatic rings. The zero-order chi connectivity index (χ0) is 17.6. The van der Waals surface area contributed by atoms with Gasteiger partial charge in [0, 0.05) is 32.3 Å². The maximum absolute atomic E-state index is 12.4. The van der Waals surface area contributed by atoms with Crippen molar-refractivity contribution in [2.75, 3.05) is 24.5 Å². The molecule has 4 rings (SSSR count). The molecule has 2 fully saturated rings. The Labute approximate surface area is 140 Å². The molecule has 4 heterocycles. The molecular formula is C14H15F3N6O2. The van der Waals surface area contributed by atoms with Crippen molar-refractivity contribution in [3.8, 4) is 0 Å². The van der Waals surface area contributed by atoms with Gasteiger partial charge in [-0.1, -0.05) is 0 Å². The van der Waals surface area contributed by atoms with E-state index in [1.807, 2.05) is 11.1 Å². The van der Waals surface area contributed by atoms with Crippen LogP contribution >= 0.6 is 0 Å². The van der Waals surface area contributed by atoms with Crippen molar-refractivity contribution in [3.05, 3.63) is 24.2 Å². The average Bonchev–Trinajstić information content (AvgIpc) is 3.21. The Kier molecular flexibility index (Phi) is 3.74. The lowest BCUT2D eigenvalue weighted by atomic mass is 10.1. The molecule has 2 saturated heterocycles. The van der Waals surface area contributed by atoms with Crippen LogP contribution in [0.4, 0.5) is 18.9 Å². The van der Waals surface area contributed by atoms with Crippen molar-refractivity contribution >= 4 is 11.6 Å². The van der Waals surface area contributed by atoms with Crippen LogP contribution in [-0.2, 0) is 17.5 Å². The highest BCUT2D eigenvalue weighted by molar-refractivity contribution is 5.95. The topological polar surface area (TPSA) is 80.3 Å². The lowest BCUT2D eigenvalue weighted by Crippen LogP contribution is -2.47. The Morgan fingerprint density at radius 3 is 2.72 bits per heavy atom. The van der Waals surface area contributed by atoms with E-state index in [1.165, 1.54) is 0 Å². The second kappa shape index (κ2) is 5.83. The lowest BCUT2D eigenvalue weighted by Gasteiger charge is -2.38. The molecule has 0 atom stereocenters. The van der Waals surface area contributed by atoms with Gasteiger partial charge in [-0.25, -0.2) is 0 Å². The van der Waals surface area contributed by atoms with Crippen LogP contribution in [0.15, 0.2) is 16.8 Å². The quantitative estimate of drug-likeness (QED) is 0.825. The fourth-order valence-corrected chi connectivity index (χ4v) is 3.05. The van der Waals surface area contributed by atoms with Gasteiger partial charge in [0.15, 0.2) is 0 Å². The molecule has 0 radical (unpaired) electrons. The summed E-state index contributed by atoms with van der Waals surface area (Å²) in [4.78, 5) is 15.4. The molecule has 134 valence electrons. The van der Waals surface area contributed by atoms with E-state index in [1.54, 1.807) is 15.8 Å². The number of alkyl halides is 3. The highest BCUT2D eigenvalue weighted by atomic mass is 19.4. The number of rotatable bonds is 4. The van der Waals surface area contributed by atoms with Crippen LogP contribution in [0.1, 0.15) is 30.7 Å². The largest absolute Gasteiger partial charge is 0.470 e. The van der Waals surface area contributed by atoms with Gasteiger partial charge in [0.2, 0.25) is 11.8 Å². The van der Waals surface area contributed by atoms with Gasteiger partial charge in [-0.2, -0.15) is 18.3 Å². The maximum atomic E-state index is 12.4. The van der Waals surface area contributed by atoms with Crippen molar-refractivity contribution in [3.63, 3.8) is 0 Å². The van der Waals surface area contributed by atoms with Gasteiger partial charge in [-0.15, -0.1) is 10.2 Å². The lowest BCUT2D eigenvalue weighted by molar-refractivity contribution is -0.157. The highest BCUT2D eigenvalue weighted by Crippen LogP contribution is 2.29. The fraction of sp³-hybridized carbons (Fsp3) is 0.571. The number of aromatic nitrogens is 4. The SMILES string of the molecule is O=C1CCCN1c1cnn(C2CN(Cc3nnc(C(F)(F)F)o3)C2)c1. The van der Waals surface area contributed by atoms with E-state index < -0.39 is 12.1 Å². The van der Waals surface area contributed by atoms with Gasteiger partial charge in [-0.3, -0.25) is 14.4 Å². The van der Waals surface area contributed by atoms with Gasteiger partial charge in [0.1, 0.15) is 0 Å². The standard InChI is InChI=1S/C14H15F3N6O2/c15-14(16,17)13-20-19-11(25-13)8-21-5-10(6-21)23-7-9(4-18-23)22-3-1-2-12(22)24/h4,7,10H,1-3,5-6,8H2. The molecule has 11 heteroatoms. The van der Waals surface area contributed by atoms with Crippen LogP contribution in [0.3, 0.4) is 0 Å². The molecule has 0 spiro atoms. The van der Waals surface area contributed by atoms with Gasteiger partial charge < -0.3 is 9.32 Å². The van der Waals surface area contributed by atoms with Crippen molar-refractivity contribution in [1.29, 1.82) is 0 Å². The van der Waals surface area contributed by atoms with Crippen LogP contribution in [0.2, 0.25) is 0 Å². The molecule has 0 N–H and O–H groups in total. The predicted molar refractivity (Wildman–Crippen MR) is 77.4 cm³/mol. The number of hydrogen-bond donors (Lipinski definition) is 0. The molecule has 2 aliphatic rings. The van der Waals surface area contributed by atoms with Gasteiger partial charge >= 0.3 is 12.1 Å². The summed E-state index contributed by atoms with van der Waals surface area (Å²) < 4.78 is 43.7. The monoisotopic (exact) mass is 356 g/mol. The van der Waals surface area contributed by atoms with E-state index in [0.717, 1.165) is 12.1 Å². The van der Waals surface area contributed by atoms with E-state index in [2.05, 4.69) is 19.7 Å². The first-order valence-corrected chi connectivity index (χ1v) is 7.86. The second-order valence-electron chi connectivity index (χ2n) is 6.17. The molecule has 8 nitrogen and oxygen atoms in total. The average molecular weight is 356 g/mol. The predicted octanol–water partition coefficient (Wildman–Crippen LogP) is 1.47. The smallest absolute Gasteiger partial charge is 0.416 e. The van der Waals surface area contributed by atoms with Crippen molar-refractivity contribution in [1.82, 2.24) is 24.9 Å². The normalized spacial score (nSPS) is 19.6. The molecule has 0 saturated carbocycles. The van der Waals surface area contributed by atoms with Crippen LogP contribution in [-0.4, -0.2) is 50.4 Å².